The molecule has 0 aliphatic carbocycles. The monoisotopic (exact) mass is 364 g/mol. The predicted octanol–water partition coefficient (Wildman–Crippen LogP) is 5.17. The maximum Gasteiger partial charge on any atom is 0.163 e. The fourth-order valence-electron chi connectivity index (χ4n) is 2.46. The lowest BCUT2D eigenvalue weighted by Gasteiger charge is -2.16. The van der Waals surface area contributed by atoms with Crippen molar-refractivity contribution in [2.24, 2.45) is 0 Å². The fourth-order valence-corrected chi connectivity index (χ4v) is 4.14. The summed E-state index contributed by atoms with van der Waals surface area (Å²) in [5, 5.41) is 8.47. The van der Waals surface area contributed by atoms with Crippen LogP contribution >= 0.6 is 22.7 Å². The van der Waals surface area contributed by atoms with Crippen molar-refractivity contribution in [1.29, 1.82) is 0 Å². The molecule has 1 aromatic carbocycles. The van der Waals surface area contributed by atoms with Gasteiger partial charge < -0.3 is 5.32 Å². The van der Waals surface area contributed by atoms with Gasteiger partial charge in [-0.05, 0) is 48.7 Å². The quantitative estimate of drug-likeness (QED) is 0.652. The van der Waals surface area contributed by atoms with Crippen LogP contribution in [0.15, 0.2) is 35.0 Å². The van der Waals surface area contributed by atoms with Crippen molar-refractivity contribution in [1.82, 2.24) is 10.3 Å². The first-order valence-electron chi connectivity index (χ1n) is 7.66. The van der Waals surface area contributed by atoms with Crippen molar-refractivity contribution < 1.29 is 8.78 Å². The Bertz CT molecular complexity index is 793. The lowest BCUT2D eigenvalue weighted by Crippen LogP contribution is -2.23. The SMILES string of the molecule is Cc1nc([C@H](Cc2ccsc2)NCc2cccc(F)c2F)sc1C. The van der Waals surface area contributed by atoms with E-state index in [1.807, 2.05) is 19.2 Å². The van der Waals surface area contributed by atoms with Crippen molar-refractivity contribution in [2.45, 2.75) is 32.9 Å². The molecule has 3 rings (SSSR count). The summed E-state index contributed by atoms with van der Waals surface area (Å²) in [6.45, 7) is 4.30. The van der Waals surface area contributed by atoms with E-state index in [9.17, 15) is 8.78 Å². The molecule has 2 aromatic heterocycles. The van der Waals surface area contributed by atoms with Crippen molar-refractivity contribution in [3.63, 3.8) is 0 Å². The van der Waals surface area contributed by atoms with Gasteiger partial charge in [0.2, 0.25) is 0 Å². The van der Waals surface area contributed by atoms with Gasteiger partial charge in [-0.1, -0.05) is 12.1 Å². The summed E-state index contributed by atoms with van der Waals surface area (Å²) in [6, 6.07) is 6.32. The summed E-state index contributed by atoms with van der Waals surface area (Å²) in [6.07, 6.45) is 0.771. The lowest BCUT2D eigenvalue weighted by molar-refractivity contribution is 0.476. The molecule has 0 unspecified atom stereocenters. The van der Waals surface area contributed by atoms with Crippen LogP contribution < -0.4 is 5.32 Å². The molecule has 0 aliphatic rings. The summed E-state index contributed by atoms with van der Waals surface area (Å²) >= 11 is 3.30. The smallest absolute Gasteiger partial charge is 0.163 e. The Morgan fingerprint density at radius 1 is 1.21 bits per heavy atom. The molecular formula is C18H18F2N2S2. The first-order chi connectivity index (χ1) is 11.5. The Balaban J connectivity index is 1.80. The number of thiazole rings is 1. The van der Waals surface area contributed by atoms with Crippen LogP contribution in [0.1, 0.15) is 32.7 Å². The van der Waals surface area contributed by atoms with E-state index in [4.69, 9.17) is 0 Å². The summed E-state index contributed by atoms with van der Waals surface area (Å²) in [5.74, 6) is -1.60. The third-order valence-electron chi connectivity index (χ3n) is 3.93. The van der Waals surface area contributed by atoms with Crippen LogP contribution in [0.4, 0.5) is 8.78 Å². The van der Waals surface area contributed by atoms with E-state index in [1.165, 1.54) is 16.5 Å². The Morgan fingerprint density at radius 3 is 2.71 bits per heavy atom. The molecule has 126 valence electrons. The van der Waals surface area contributed by atoms with Crippen LogP contribution in [-0.4, -0.2) is 4.98 Å². The first kappa shape index (κ1) is 17.2. The number of benzene rings is 1. The van der Waals surface area contributed by atoms with Gasteiger partial charge >= 0.3 is 0 Å². The van der Waals surface area contributed by atoms with Gasteiger partial charge in [0, 0.05) is 17.0 Å². The number of hydrogen-bond donors (Lipinski definition) is 1. The van der Waals surface area contributed by atoms with Gasteiger partial charge in [0.15, 0.2) is 11.6 Å². The molecule has 0 radical (unpaired) electrons. The minimum absolute atomic E-state index is 0.0281. The topological polar surface area (TPSA) is 24.9 Å². The van der Waals surface area contributed by atoms with Gasteiger partial charge in [0.1, 0.15) is 5.01 Å². The molecule has 2 heterocycles. The first-order valence-corrected chi connectivity index (χ1v) is 9.42. The highest BCUT2D eigenvalue weighted by atomic mass is 32.1. The number of rotatable bonds is 6. The number of nitrogens with zero attached hydrogens (tertiary/aromatic N) is 1. The number of thiophene rings is 1. The Morgan fingerprint density at radius 2 is 2.04 bits per heavy atom. The second-order valence-corrected chi connectivity index (χ2v) is 7.69. The van der Waals surface area contributed by atoms with Gasteiger partial charge in [-0.25, -0.2) is 13.8 Å². The Kier molecular flexibility index (Phi) is 5.38. The molecule has 0 fully saturated rings. The number of hydrogen-bond acceptors (Lipinski definition) is 4. The van der Waals surface area contributed by atoms with E-state index < -0.39 is 11.6 Å². The number of halogens is 2. The van der Waals surface area contributed by atoms with E-state index in [0.717, 1.165) is 23.2 Å². The molecular weight excluding hydrogens is 346 g/mol. The molecule has 0 saturated heterocycles. The molecule has 0 bridgehead atoms. The summed E-state index contributed by atoms with van der Waals surface area (Å²) in [7, 11) is 0. The van der Waals surface area contributed by atoms with Gasteiger partial charge in [0.25, 0.3) is 0 Å². The number of aryl methyl sites for hydroxylation is 2. The highest BCUT2D eigenvalue weighted by Gasteiger charge is 2.18. The molecule has 3 aromatic rings. The van der Waals surface area contributed by atoms with Gasteiger partial charge in [-0.2, -0.15) is 11.3 Å². The third-order valence-corrected chi connectivity index (χ3v) is 5.85. The molecule has 0 amide bonds. The van der Waals surface area contributed by atoms with Gasteiger partial charge in [-0.3, -0.25) is 0 Å². The average molecular weight is 364 g/mol. The Hall–Kier alpha value is -1.63. The van der Waals surface area contributed by atoms with Crippen molar-refractivity contribution in [3.05, 3.63) is 73.4 Å². The van der Waals surface area contributed by atoms with Crippen molar-refractivity contribution in [3.8, 4) is 0 Å². The van der Waals surface area contributed by atoms with Crippen molar-refractivity contribution >= 4 is 22.7 Å². The highest BCUT2D eigenvalue weighted by molar-refractivity contribution is 7.11. The van der Waals surface area contributed by atoms with Crippen LogP contribution in [0.25, 0.3) is 0 Å². The third kappa shape index (κ3) is 3.88. The Labute approximate surface area is 148 Å². The van der Waals surface area contributed by atoms with Crippen LogP contribution in [0.2, 0.25) is 0 Å². The summed E-state index contributed by atoms with van der Waals surface area (Å²) in [5.41, 5.74) is 2.56. The van der Waals surface area contributed by atoms with Gasteiger partial charge in [-0.15, -0.1) is 11.3 Å². The van der Waals surface area contributed by atoms with Crippen LogP contribution in [-0.2, 0) is 13.0 Å². The van der Waals surface area contributed by atoms with E-state index >= 15 is 0 Å². The standard InChI is InChI=1S/C18H18F2N2S2/c1-11-12(2)24-18(22-11)16(8-13-6-7-23-10-13)21-9-14-4-3-5-15(19)17(14)20/h3-7,10,16,21H,8-9H2,1-2H3/t16-/m0/s1. The van der Waals surface area contributed by atoms with Crippen molar-refractivity contribution in [2.75, 3.05) is 0 Å². The molecule has 1 N–H and O–H groups in total. The molecule has 2 nitrogen and oxygen atoms in total. The second kappa shape index (κ2) is 7.51. The molecule has 0 saturated carbocycles. The minimum Gasteiger partial charge on any atom is -0.303 e. The van der Waals surface area contributed by atoms with Crippen LogP contribution in [0, 0.1) is 25.5 Å². The van der Waals surface area contributed by atoms with Crippen LogP contribution in [0.5, 0.6) is 0 Å². The molecule has 0 spiro atoms. The average Bonchev–Trinajstić information content (AvgIpc) is 3.18. The maximum atomic E-state index is 13.9. The van der Waals surface area contributed by atoms with E-state index in [-0.39, 0.29) is 12.6 Å². The minimum atomic E-state index is -0.815. The summed E-state index contributed by atoms with van der Waals surface area (Å²) < 4.78 is 27.3. The summed E-state index contributed by atoms with van der Waals surface area (Å²) in [4.78, 5) is 5.81. The molecule has 1 atom stereocenters. The van der Waals surface area contributed by atoms with E-state index in [2.05, 4.69) is 21.7 Å². The van der Waals surface area contributed by atoms with Crippen LogP contribution in [0.3, 0.4) is 0 Å². The zero-order valence-electron chi connectivity index (χ0n) is 13.5. The van der Waals surface area contributed by atoms with Gasteiger partial charge in [0.05, 0.1) is 11.7 Å². The second-order valence-electron chi connectivity index (χ2n) is 5.68. The number of aromatic nitrogens is 1. The molecule has 6 heteroatoms. The van der Waals surface area contributed by atoms with E-state index in [0.29, 0.717) is 5.56 Å². The zero-order chi connectivity index (χ0) is 17.1. The number of nitrogens with one attached hydrogen (secondary N) is 1. The fraction of sp³-hybridized carbons (Fsp3) is 0.278. The maximum absolute atomic E-state index is 13.9. The largest absolute Gasteiger partial charge is 0.303 e. The predicted molar refractivity (Wildman–Crippen MR) is 95.5 cm³/mol. The normalized spacial score (nSPS) is 12.5. The molecule has 24 heavy (non-hydrogen) atoms. The highest BCUT2D eigenvalue weighted by Crippen LogP contribution is 2.27. The lowest BCUT2D eigenvalue weighted by atomic mass is 10.1. The van der Waals surface area contributed by atoms with E-state index in [1.54, 1.807) is 28.7 Å². The molecule has 0 aliphatic heterocycles. The zero-order valence-corrected chi connectivity index (χ0v) is 15.1.